The summed E-state index contributed by atoms with van der Waals surface area (Å²) >= 11 is 0. The topological polar surface area (TPSA) is 35.2 Å². The summed E-state index contributed by atoms with van der Waals surface area (Å²) in [5.74, 6) is 1.57. The molecule has 0 aliphatic rings. The zero-order valence-corrected chi connectivity index (χ0v) is 9.70. The lowest BCUT2D eigenvalue weighted by molar-refractivity contribution is 0.313. The number of hydrogen-bond donors (Lipinski definition) is 1. The van der Waals surface area contributed by atoms with Crippen molar-refractivity contribution >= 4 is 0 Å². The monoisotopic (exact) mass is 207 g/mol. The minimum atomic E-state index is 0.628. The zero-order valence-electron chi connectivity index (χ0n) is 9.70. The van der Waals surface area contributed by atoms with Gasteiger partial charge in [0.2, 0.25) is 0 Å². The van der Waals surface area contributed by atoms with Crippen LogP contribution >= 0.6 is 0 Å². The van der Waals surface area contributed by atoms with Gasteiger partial charge in [0.1, 0.15) is 5.75 Å². The maximum absolute atomic E-state index is 5.53. The third-order valence-corrected chi connectivity index (χ3v) is 2.68. The first-order chi connectivity index (χ1) is 7.27. The molecule has 0 saturated heterocycles. The molecule has 1 aromatic carbocycles. The van der Waals surface area contributed by atoms with Crippen molar-refractivity contribution in [3.05, 3.63) is 29.8 Å². The van der Waals surface area contributed by atoms with Crippen molar-refractivity contribution in [1.29, 1.82) is 0 Å². The van der Waals surface area contributed by atoms with Gasteiger partial charge in [-0.25, -0.2) is 0 Å². The van der Waals surface area contributed by atoms with E-state index in [1.54, 1.807) is 0 Å². The molecular weight excluding hydrogens is 186 g/mol. The summed E-state index contributed by atoms with van der Waals surface area (Å²) in [6, 6.07) is 8.37. The van der Waals surface area contributed by atoms with Gasteiger partial charge in [0, 0.05) is 0 Å². The van der Waals surface area contributed by atoms with Crippen LogP contribution in [-0.4, -0.2) is 13.2 Å². The second kappa shape index (κ2) is 6.46. The van der Waals surface area contributed by atoms with E-state index >= 15 is 0 Å². The SMILES string of the molecule is CCC(C)c1ccc(OCCCN)cc1. The molecule has 1 unspecified atom stereocenters. The summed E-state index contributed by atoms with van der Waals surface area (Å²) in [4.78, 5) is 0. The zero-order chi connectivity index (χ0) is 11.1. The molecule has 0 heterocycles. The molecule has 0 aliphatic heterocycles. The second-order valence-electron chi connectivity index (χ2n) is 3.87. The molecule has 84 valence electrons. The van der Waals surface area contributed by atoms with Crippen LogP contribution in [0.2, 0.25) is 0 Å². The maximum atomic E-state index is 5.53. The van der Waals surface area contributed by atoms with Gasteiger partial charge in [-0.3, -0.25) is 0 Å². The van der Waals surface area contributed by atoms with Crippen molar-refractivity contribution in [3.63, 3.8) is 0 Å². The summed E-state index contributed by atoms with van der Waals surface area (Å²) in [5, 5.41) is 0. The van der Waals surface area contributed by atoms with E-state index in [0.29, 0.717) is 19.1 Å². The Hall–Kier alpha value is -1.02. The van der Waals surface area contributed by atoms with Crippen LogP contribution < -0.4 is 10.5 Å². The first-order valence-corrected chi connectivity index (χ1v) is 5.70. The molecular formula is C13H21NO. The molecule has 2 nitrogen and oxygen atoms in total. The highest BCUT2D eigenvalue weighted by Crippen LogP contribution is 2.21. The predicted molar refractivity (Wildman–Crippen MR) is 64.3 cm³/mol. The highest BCUT2D eigenvalue weighted by Gasteiger charge is 2.02. The molecule has 0 aromatic heterocycles. The standard InChI is InChI=1S/C13H21NO/c1-3-11(2)12-5-7-13(8-6-12)15-10-4-9-14/h5-8,11H,3-4,9-10,14H2,1-2H3. The lowest BCUT2D eigenvalue weighted by atomic mass is 9.99. The van der Waals surface area contributed by atoms with E-state index in [4.69, 9.17) is 10.5 Å². The van der Waals surface area contributed by atoms with Gasteiger partial charge in [-0.05, 0) is 43.0 Å². The van der Waals surface area contributed by atoms with Crippen molar-refractivity contribution in [1.82, 2.24) is 0 Å². The fraction of sp³-hybridized carbons (Fsp3) is 0.538. The van der Waals surface area contributed by atoms with Gasteiger partial charge in [0.25, 0.3) is 0 Å². The quantitative estimate of drug-likeness (QED) is 0.728. The van der Waals surface area contributed by atoms with Crippen LogP contribution in [0.15, 0.2) is 24.3 Å². The molecule has 2 N–H and O–H groups in total. The Bertz CT molecular complexity index is 268. The lowest BCUT2D eigenvalue weighted by Crippen LogP contribution is -2.06. The van der Waals surface area contributed by atoms with Crippen molar-refractivity contribution in [2.45, 2.75) is 32.6 Å². The Morgan fingerprint density at radius 3 is 2.47 bits per heavy atom. The Kier molecular flexibility index (Phi) is 5.19. The first kappa shape index (κ1) is 12.1. The van der Waals surface area contributed by atoms with E-state index in [0.717, 1.165) is 12.2 Å². The fourth-order valence-corrected chi connectivity index (χ4v) is 1.40. The lowest BCUT2D eigenvalue weighted by Gasteiger charge is -2.10. The van der Waals surface area contributed by atoms with E-state index in [9.17, 15) is 0 Å². The molecule has 1 rings (SSSR count). The van der Waals surface area contributed by atoms with Gasteiger partial charge in [-0.2, -0.15) is 0 Å². The van der Waals surface area contributed by atoms with Gasteiger partial charge in [0.05, 0.1) is 6.61 Å². The molecule has 0 bridgehead atoms. The van der Waals surface area contributed by atoms with Crippen LogP contribution in [0.3, 0.4) is 0 Å². The smallest absolute Gasteiger partial charge is 0.119 e. The normalized spacial score (nSPS) is 12.5. The third-order valence-electron chi connectivity index (χ3n) is 2.68. The van der Waals surface area contributed by atoms with Gasteiger partial charge in [-0.1, -0.05) is 26.0 Å². The Balaban J connectivity index is 2.49. The molecule has 1 aromatic rings. The summed E-state index contributed by atoms with van der Waals surface area (Å²) in [5.41, 5.74) is 6.77. The molecule has 0 spiro atoms. The van der Waals surface area contributed by atoms with E-state index in [-0.39, 0.29) is 0 Å². The number of hydrogen-bond acceptors (Lipinski definition) is 2. The van der Waals surface area contributed by atoms with E-state index < -0.39 is 0 Å². The molecule has 0 saturated carbocycles. The number of ether oxygens (including phenoxy) is 1. The predicted octanol–water partition coefficient (Wildman–Crippen LogP) is 2.93. The highest BCUT2D eigenvalue weighted by atomic mass is 16.5. The highest BCUT2D eigenvalue weighted by molar-refractivity contribution is 5.29. The number of nitrogens with two attached hydrogens (primary N) is 1. The van der Waals surface area contributed by atoms with Crippen LogP contribution in [0.4, 0.5) is 0 Å². The fourth-order valence-electron chi connectivity index (χ4n) is 1.40. The molecule has 0 aliphatic carbocycles. The van der Waals surface area contributed by atoms with E-state index in [1.165, 1.54) is 12.0 Å². The van der Waals surface area contributed by atoms with Crippen LogP contribution in [-0.2, 0) is 0 Å². The van der Waals surface area contributed by atoms with Crippen LogP contribution in [0.1, 0.15) is 38.2 Å². The Labute approximate surface area is 92.4 Å². The van der Waals surface area contributed by atoms with E-state index in [2.05, 4.69) is 26.0 Å². The Morgan fingerprint density at radius 2 is 1.93 bits per heavy atom. The second-order valence-corrected chi connectivity index (χ2v) is 3.87. The summed E-state index contributed by atoms with van der Waals surface area (Å²) in [7, 11) is 0. The van der Waals surface area contributed by atoms with Gasteiger partial charge in [-0.15, -0.1) is 0 Å². The molecule has 1 atom stereocenters. The average Bonchev–Trinajstić information content (AvgIpc) is 2.29. The molecule has 15 heavy (non-hydrogen) atoms. The van der Waals surface area contributed by atoms with Crippen LogP contribution in [0, 0.1) is 0 Å². The van der Waals surface area contributed by atoms with Gasteiger partial charge in [0.15, 0.2) is 0 Å². The number of rotatable bonds is 6. The summed E-state index contributed by atoms with van der Waals surface area (Å²) in [6.07, 6.45) is 2.08. The van der Waals surface area contributed by atoms with E-state index in [1.807, 2.05) is 12.1 Å². The number of benzene rings is 1. The summed E-state index contributed by atoms with van der Waals surface area (Å²) < 4.78 is 5.53. The van der Waals surface area contributed by atoms with Crippen molar-refractivity contribution in [2.75, 3.05) is 13.2 Å². The molecule has 0 radical (unpaired) electrons. The average molecular weight is 207 g/mol. The van der Waals surface area contributed by atoms with Gasteiger partial charge >= 0.3 is 0 Å². The Morgan fingerprint density at radius 1 is 1.27 bits per heavy atom. The van der Waals surface area contributed by atoms with Gasteiger partial charge < -0.3 is 10.5 Å². The van der Waals surface area contributed by atoms with Crippen molar-refractivity contribution in [3.8, 4) is 5.75 Å². The van der Waals surface area contributed by atoms with Crippen molar-refractivity contribution < 1.29 is 4.74 Å². The minimum absolute atomic E-state index is 0.628. The molecule has 2 heteroatoms. The summed E-state index contributed by atoms with van der Waals surface area (Å²) in [6.45, 7) is 5.84. The van der Waals surface area contributed by atoms with Crippen LogP contribution in [0.25, 0.3) is 0 Å². The van der Waals surface area contributed by atoms with Crippen LogP contribution in [0.5, 0.6) is 5.75 Å². The largest absolute Gasteiger partial charge is 0.494 e. The minimum Gasteiger partial charge on any atom is -0.494 e. The van der Waals surface area contributed by atoms with Crippen molar-refractivity contribution in [2.24, 2.45) is 5.73 Å². The first-order valence-electron chi connectivity index (χ1n) is 5.70. The molecule has 0 amide bonds. The molecule has 0 fully saturated rings. The maximum Gasteiger partial charge on any atom is 0.119 e. The third kappa shape index (κ3) is 3.92.